The van der Waals surface area contributed by atoms with Gasteiger partial charge >= 0.3 is 0 Å². The van der Waals surface area contributed by atoms with Crippen LogP contribution in [-0.2, 0) is 4.79 Å². The van der Waals surface area contributed by atoms with Crippen molar-refractivity contribution in [2.45, 2.75) is 33.0 Å². The molecule has 3 aromatic rings. The molecule has 0 bridgehead atoms. The van der Waals surface area contributed by atoms with Crippen molar-refractivity contribution in [1.82, 2.24) is 9.88 Å². The minimum absolute atomic E-state index is 0. The number of fused-ring (bicyclic) bond motifs is 2. The van der Waals surface area contributed by atoms with Gasteiger partial charge in [-0.3, -0.25) is 9.69 Å². The Balaban J connectivity index is 0.00000289. The molecule has 1 aliphatic heterocycles. The molecule has 2 heterocycles. The van der Waals surface area contributed by atoms with Crippen molar-refractivity contribution in [2.24, 2.45) is 0 Å². The Morgan fingerprint density at radius 1 is 1.06 bits per heavy atom. The summed E-state index contributed by atoms with van der Waals surface area (Å²) in [6, 6.07) is 12.2. The Labute approximate surface area is 197 Å². The van der Waals surface area contributed by atoms with E-state index < -0.39 is 18.0 Å². The fourth-order valence-electron chi connectivity index (χ4n) is 3.64. The van der Waals surface area contributed by atoms with Crippen LogP contribution in [0.3, 0.4) is 0 Å². The highest BCUT2D eigenvalue weighted by molar-refractivity contribution is 7.22. The zero-order valence-electron chi connectivity index (χ0n) is 18.3. The van der Waals surface area contributed by atoms with Gasteiger partial charge in [0.05, 0.1) is 4.70 Å². The van der Waals surface area contributed by atoms with Gasteiger partial charge in [0.15, 0.2) is 16.6 Å². The van der Waals surface area contributed by atoms with Crippen LogP contribution in [0.2, 0.25) is 0 Å². The lowest BCUT2D eigenvalue weighted by molar-refractivity contribution is -0.130. The van der Waals surface area contributed by atoms with Gasteiger partial charge in [-0.15, -0.1) is 12.4 Å². The summed E-state index contributed by atoms with van der Waals surface area (Å²) >= 11 is 1.30. The van der Waals surface area contributed by atoms with Gasteiger partial charge in [0, 0.05) is 13.1 Å². The molecule has 2 aromatic carbocycles. The number of carbonyl (C=O) groups excluding carboxylic acids is 1. The third-order valence-corrected chi connectivity index (χ3v) is 6.52. The molecule has 0 fully saturated rings. The second kappa shape index (κ2) is 10.5. The Bertz CT molecular complexity index is 1080. The summed E-state index contributed by atoms with van der Waals surface area (Å²) in [6.07, 6.45) is -1.28. The van der Waals surface area contributed by atoms with Crippen molar-refractivity contribution in [3.8, 4) is 11.5 Å². The molecule has 1 aromatic heterocycles. The SMILES string of the molecule is CCN(CC)CCN(C(=O)C1Oc2ccccc2OC1C)c1nc2c(F)cccc2s1.Cl. The second-order valence-corrected chi connectivity index (χ2v) is 8.42. The quantitative estimate of drug-likeness (QED) is 0.489. The monoisotopic (exact) mass is 479 g/mol. The van der Waals surface area contributed by atoms with E-state index in [0.717, 1.165) is 13.1 Å². The lowest BCUT2D eigenvalue weighted by atomic mass is 10.1. The van der Waals surface area contributed by atoms with Crippen LogP contribution in [0.5, 0.6) is 11.5 Å². The summed E-state index contributed by atoms with van der Waals surface area (Å²) < 4.78 is 26.9. The summed E-state index contributed by atoms with van der Waals surface area (Å²) in [5.41, 5.74) is 0.280. The van der Waals surface area contributed by atoms with E-state index in [1.165, 1.54) is 17.4 Å². The number of ether oxygens (including phenoxy) is 2. The van der Waals surface area contributed by atoms with Crippen LogP contribution in [0.4, 0.5) is 9.52 Å². The maximum absolute atomic E-state index is 14.3. The minimum atomic E-state index is -0.816. The van der Waals surface area contributed by atoms with E-state index in [9.17, 15) is 9.18 Å². The molecule has 2 unspecified atom stereocenters. The lowest BCUT2D eigenvalue weighted by Gasteiger charge is -2.34. The van der Waals surface area contributed by atoms with E-state index in [1.807, 2.05) is 31.2 Å². The van der Waals surface area contributed by atoms with Gasteiger partial charge in [-0.2, -0.15) is 0 Å². The first-order valence-corrected chi connectivity index (χ1v) is 11.3. The summed E-state index contributed by atoms with van der Waals surface area (Å²) in [5.74, 6) is 0.526. The summed E-state index contributed by atoms with van der Waals surface area (Å²) in [7, 11) is 0. The third kappa shape index (κ3) is 4.82. The van der Waals surface area contributed by atoms with E-state index >= 15 is 0 Å². The van der Waals surface area contributed by atoms with Gasteiger partial charge in [0.2, 0.25) is 6.10 Å². The summed E-state index contributed by atoms with van der Waals surface area (Å²) in [5, 5.41) is 0.465. The number of hydrogen-bond donors (Lipinski definition) is 0. The van der Waals surface area contributed by atoms with E-state index in [-0.39, 0.29) is 23.8 Å². The van der Waals surface area contributed by atoms with E-state index in [0.29, 0.717) is 34.4 Å². The molecule has 1 amide bonds. The molecule has 32 heavy (non-hydrogen) atoms. The van der Waals surface area contributed by atoms with Gasteiger partial charge < -0.3 is 14.4 Å². The standard InChI is InChI=1S/C23H26FN3O3S.ClH/c1-4-26(5-2)13-14-27(23-25-20-16(24)9-8-12-19(20)31-23)22(28)21-15(3)29-17-10-6-7-11-18(17)30-21;/h6-12,15,21H,4-5,13-14H2,1-3H3;1H. The first kappa shape index (κ1) is 24.2. The molecule has 4 rings (SSSR count). The molecule has 0 aliphatic carbocycles. The highest BCUT2D eigenvalue weighted by atomic mass is 35.5. The van der Waals surface area contributed by atoms with Gasteiger partial charge in [-0.25, -0.2) is 9.37 Å². The normalized spacial score (nSPS) is 17.3. The van der Waals surface area contributed by atoms with Crippen molar-refractivity contribution in [2.75, 3.05) is 31.1 Å². The smallest absolute Gasteiger partial charge is 0.273 e. The largest absolute Gasteiger partial charge is 0.482 e. The number of benzene rings is 2. The van der Waals surface area contributed by atoms with Gasteiger partial charge in [0.1, 0.15) is 17.4 Å². The number of thiazole rings is 1. The number of amides is 1. The van der Waals surface area contributed by atoms with E-state index in [2.05, 4.69) is 23.7 Å². The number of likely N-dealkylation sites (N-methyl/N-ethyl adjacent to an activating group) is 1. The number of anilines is 1. The average Bonchev–Trinajstić information content (AvgIpc) is 3.21. The minimum Gasteiger partial charge on any atom is -0.482 e. The summed E-state index contributed by atoms with van der Waals surface area (Å²) in [4.78, 5) is 21.9. The zero-order valence-corrected chi connectivity index (χ0v) is 19.9. The average molecular weight is 480 g/mol. The summed E-state index contributed by atoms with van der Waals surface area (Å²) in [6.45, 7) is 8.84. The predicted octanol–water partition coefficient (Wildman–Crippen LogP) is 4.76. The molecular weight excluding hydrogens is 453 g/mol. The molecule has 172 valence electrons. The molecule has 0 saturated heterocycles. The van der Waals surface area contributed by atoms with Crippen molar-refractivity contribution in [3.05, 3.63) is 48.3 Å². The van der Waals surface area contributed by atoms with Crippen molar-refractivity contribution < 1.29 is 18.7 Å². The first-order chi connectivity index (χ1) is 15.0. The van der Waals surface area contributed by atoms with Crippen molar-refractivity contribution in [3.63, 3.8) is 0 Å². The molecule has 0 radical (unpaired) electrons. The van der Waals surface area contributed by atoms with Gasteiger partial charge in [-0.1, -0.05) is 43.4 Å². The van der Waals surface area contributed by atoms with Crippen molar-refractivity contribution in [1.29, 1.82) is 0 Å². The number of aromatic nitrogens is 1. The molecule has 6 nitrogen and oxygen atoms in total. The fourth-order valence-corrected chi connectivity index (χ4v) is 4.66. The number of rotatable bonds is 7. The molecule has 1 aliphatic rings. The van der Waals surface area contributed by atoms with E-state index in [1.54, 1.807) is 17.0 Å². The molecule has 9 heteroatoms. The highest BCUT2D eigenvalue weighted by Crippen LogP contribution is 2.35. The lowest BCUT2D eigenvalue weighted by Crippen LogP contribution is -2.52. The second-order valence-electron chi connectivity index (χ2n) is 7.41. The predicted molar refractivity (Wildman–Crippen MR) is 128 cm³/mol. The number of para-hydroxylation sites is 3. The molecular formula is C23H27ClFN3O3S. The number of hydrogen-bond acceptors (Lipinski definition) is 6. The third-order valence-electron chi connectivity index (χ3n) is 5.48. The molecule has 2 atom stereocenters. The van der Waals surface area contributed by atoms with Crippen LogP contribution in [0.15, 0.2) is 42.5 Å². The maximum Gasteiger partial charge on any atom is 0.273 e. The highest BCUT2D eigenvalue weighted by Gasteiger charge is 2.38. The van der Waals surface area contributed by atoms with Crippen LogP contribution in [-0.4, -0.2) is 54.2 Å². The Kier molecular flexibility index (Phi) is 7.92. The number of carbonyl (C=O) groups is 1. The van der Waals surface area contributed by atoms with Crippen LogP contribution >= 0.6 is 23.7 Å². The van der Waals surface area contributed by atoms with Crippen LogP contribution in [0.25, 0.3) is 10.2 Å². The van der Waals surface area contributed by atoms with E-state index in [4.69, 9.17) is 9.47 Å². The number of nitrogens with zero attached hydrogens (tertiary/aromatic N) is 3. The molecule has 0 spiro atoms. The maximum atomic E-state index is 14.3. The molecule has 0 saturated carbocycles. The molecule has 0 N–H and O–H groups in total. The Morgan fingerprint density at radius 3 is 2.41 bits per heavy atom. The Morgan fingerprint density at radius 2 is 1.75 bits per heavy atom. The van der Waals surface area contributed by atoms with Crippen LogP contribution in [0.1, 0.15) is 20.8 Å². The van der Waals surface area contributed by atoms with Gasteiger partial charge in [0.25, 0.3) is 5.91 Å². The number of halogens is 2. The van der Waals surface area contributed by atoms with Crippen molar-refractivity contribution >= 4 is 45.0 Å². The van der Waals surface area contributed by atoms with Crippen LogP contribution in [0, 0.1) is 5.82 Å². The van der Waals surface area contributed by atoms with Gasteiger partial charge in [-0.05, 0) is 44.3 Å². The first-order valence-electron chi connectivity index (χ1n) is 10.5. The Hall–Kier alpha value is -2.42. The fraction of sp³-hybridized carbons (Fsp3) is 0.391. The zero-order chi connectivity index (χ0) is 22.0. The topological polar surface area (TPSA) is 54.9 Å². The van der Waals surface area contributed by atoms with Crippen LogP contribution < -0.4 is 14.4 Å².